The average molecular weight is 251 g/mol. The molecule has 0 aromatic rings. The number of nitrogens with zero attached hydrogens (tertiary/aromatic N) is 3. The lowest BCUT2D eigenvalue weighted by molar-refractivity contribution is 0.0979. The van der Waals surface area contributed by atoms with Crippen molar-refractivity contribution in [3.05, 3.63) is 0 Å². The fourth-order valence-electron chi connectivity index (χ4n) is 2.96. The molecule has 1 fully saturated rings. The maximum atomic E-state index is 9.36. The second-order valence-electron chi connectivity index (χ2n) is 6.06. The first-order valence-corrected chi connectivity index (χ1v) is 7.36. The monoisotopic (exact) mass is 251 g/mol. The van der Waals surface area contributed by atoms with Gasteiger partial charge in [0.25, 0.3) is 0 Å². The summed E-state index contributed by atoms with van der Waals surface area (Å²) in [6, 6.07) is 3.03. The van der Waals surface area contributed by atoms with E-state index in [-0.39, 0.29) is 5.92 Å². The normalized spacial score (nSPS) is 28.6. The Bertz CT molecular complexity index is 269. The van der Waals surface area contributed by atoms with Crippen LogP contribution in [0.5, 0.6) is 0 Å². The minimum absolute atomic E-state index is 0.245. The minimum atomic E-state index is 0.245. The van der Waals surface area contributed by atoms with E-state index >= 15 is 0 Å². The Morgan fingerprint density at radius 3 is 2.44 bits per heavy atom. The summed E-state index contributed by atoms with van der Waals surface area (Å²) in [6.45, 7) is 7.87. The highest BCUT2D eigenvalue weighted by molar-refractivity contribution is 4.97. The standard InChI is InChI=1S/C15H29N3/c1-5-8-18(10-9-17(3)4)15-11-13(2)6-7-14(15)12-16/h13-15H,5-11H2,1-4H3. The van der Waals surface area contributed by atoms with E-state index in [1.165, 1.54) is 19.3 Å². The zero-order chi connectivity index (χ0) is 13.5. The van der Waals surface area contributed by atoms with Crippen molar-refractivity contribution in [2.24, 2.45) is 11.8 Å². The predicted octanol–water partition coefficient (Wildman–Crippen LogP) is 2.59. The molecule has 0 aromatic carbocycles. The highest BCUT2D eigenvalue weighted by Crippen LogP contribution is 2.31. The van der Waals surface area contributed by atoms with Gasteiger partial charge in [0, 0.05) is 19.1 Å². The number of nitriles is 1. The van der Waals surface area contributed by atoms with Crippen molar-refractivity contribution in [2.45, 2.75) is 45.6 Å². The first-order chi connectivity index (χ1) is 8.58. The van der Waals surface area contributed by atoms with E-state index in [0.29, 0.717) is 6.04 Å². The summed E-state index contributed by atoms with van der Waals surface area (Å²) in [5.74, 6) is 1.02. The highest BCUT2D eigenvalue weighted by Gasteiger charge is 2.32. The fourth-order valence-corrected chi connectivity index (χ4v) is 2.96. The van der Waals surface area contributed by atoms with E-state index in [1.807, 2.05) is 0 Å². The molecule has 0 radical (unpaired) electrons. The van der Waals surface area contributed by atoms with Crippen LogP contribution in [0.1, 0.15) is 39.5 Å². The van der Waals surface area contributed by atoms with E-state index < -0.39 is 0 Å². The Labute approximate surface area is 113 Å². The van der Waals surface area contributed by atoms with Crippen molar-refractivity contribution in [2.75, 3.05) is 33.7 Å². The maximum Gasteiger partial charge on any atom is 0.0672 e. The van der Waals surface area contributed by atoms with Crippen LogP contribution in [0, 0.1) is 23.2 Å². The van der Waals surface area contributed by atoms with Crippen LogP contribution in [-0.2, 0) is 0 Å². The number of hydrogen-bond donors (Lipinski definition) is 0. The molecule has 3 atom stereocenters. The molecule has 18 heavy (non-hydrogen) atoms. The smallest absolute Gasteiger partial charge is 0.0672 e. The van der Waals surface area contributed by atoms with Gasteiger partial charge in [-0.2, -0.15) is 5.26 Å². The predicted molar refractivity (Wildman–Crippen MR) is 76.3 cm³/mol. The Morgan fingerprint density at radius 1 is 1.17 bits per heavy atom. The third-order valence-electron chi connectivity index (χ3n) is 4.06. The first-order valence-electron chi connectivity index (χ1n) is 7.36. The molecular weight excluding hydrogens is 222 g/mol. The average Bonchev–Trinajstić information content (AvgIpc) is 2.34. The number of hydrogen-bond acceptors (Lipinski definition) is 3. The van der Waals surface area contributed by atoms with Crippen LogP contribution < -0.4 is 0 Å². The van der Waals surface area contributed by atoms with Crippen molar-refractivity contribution in [1.82, 2.24) is 9.80 Å². The van der Waals surface area contributed by atoms with E-state index in [9.17, 15) is 5.26 Å². The summed E-state index contributed by atoms with van der Waals surface area (Å²) in [5, 5.41) is 9.36. The third kappa shape index (κ3) is 4.59. The zero-order valence-corrected chi connectivity index (χ0v) is 12.5. The molecule has 0 aromatic heterocycles. The Balaban J connectivity index is 2.65. The molecule has 0 amide bonds. The van der Waals surface area contributed by atoms with Crippen LogP contribution in [0.25, 0.3) is 0 Å². The molecule has 0 N–H and O–H groups in total. The van der Waals surface area contributed by atoms with E-state index in [4.69, 9.17) is 0 Å². The molecule has 1 aliphatic carbocycles. The van der Waals surface area contributed by atoms with Gasteiger partial charge in [0.15, 0.2) is 0 Å². The molecule has 1 rings (SSSR count). The molecule has 3 nitrogen and oxygen atoms in total. The Kier molecular flexibility index (Phi) is 6.67. The van der Waals surface area contributed by atoms with Crippen molar-refractivity contribution >= 4 is 0 Å². The van der Waals surface area contributed by atoms with Crippen LogP contribution in [0.4, 0.5) is 0 Å². The van der Waals surface area contributed by atoms with E-state index in [2.05, 4.69) is 43.8 Å². The molecule has 3 heteroatoms. The van der Waals surface area contributed by atoms with E-state index in [0.717, 1.165) is 32.0 Å². The van der Waals surface area contributed by atoms with Crippen LogP contribution >= 0.6 is 0 Å². The van der Waals surface area contributed by atoms with Crippen molar-refractivity contribution in [3.63, 3.8) is 0 Å². The van der Waals surface area contributed by atoms with Gasteiger partial charge in [0.1, 0.15) is 0 Å². The van der Waals surface area contributed by atoms with Gasteiger partial charge in [-0.3, -0.25) is 4.90 Å². The Morgan fingerprint density at radius 2 is 1.89 bits per heavy atom. The van der Waals surface area contributed by atoms with Gasteiger partial charge in [-0.25, -0.2) is 0 Å². The molecule has 0 saturated heterocycles. The summed E-state index contributed by atoms with van der Waals surface area (Å²) >= 11 is 0. The second-order valence-corrected chi connectivity index (χ2v) is 6.06. The topological polar surface area (TPSA) is 30.3 Å². The van der Waals surface area contributed by atoms with Gasteiger partial charge >= 0.3 is 0 Å². The maximum absolute atomic E-state index is 9.36. The molecule has 104 valence electrons. The van der Waals surface area contributed by atoms with Crippen LogP contribution in [0.2, 0.25) is 0 Å². The quantitative estimate of drug-likeness (QED) is 0.727. The lowest BCUT2D eigenvalue weighted by Crippen LogP contribution is -2.46. The summed E-state index contributed by atoms with van der Waals surface area (Å²) in [7, 11) is 4.24. The van der Waals surface area contributed by atoms with Crippen LogP contribution in [0.3, 0.4) is 0 Å². The minimum Gasteiger partial charge on any atom is -0.308 e. The fraction of sp³-hybridized carbons (Fsp3) is 0.933. The lowest BCUT2D eigenvalue weighted by Gasteiger charge is -2.40. The summed E-state index contributed by atoms with van der Waals surface area (Å²) < 4.78 is 0. The van der Waals surface area contributed by atoms with Crippen LogP contribution in [-0.4, -0.2) is 49.6 Å². The second kappa shape index (κ2) is 7.76. The Hall–Kier alpha value is -0.590. The van der Waals surface area contributed by atoms with Gasteiger partial charge in [0.2, 0.25) is 0 Å². The van der Waals surface area contributed by atoms with Gasteiger partial charge in [0.05, 0.1) is 12.0 Å². The van der Waals surface area contributed by atoms with Crippen molar-refractivity contribution < 1.29 is 0 Å². The first kappa shape index (κ1) is 15.5. The van der Waals surface area contributed by atoms with Crippen molar-refractivity contribution in [1.29, 1.82) is 5.26 Å². The molecule has 1 saturated carbocycles. The van der Waals surface area contributed by atoms with E-state index in [1.54, 1.807) is 0 Å². The largest absolute Gasteiger partial charge is 0.308 e. The van der Waals surface area contributed by atoms with Crippen molar-refractivity contribution in [3.8, 4) is 6.07 Å². The molecule has 0 heterocycles. The molecule has 3 unspecified atom stereocenters. The molecule has 0 bridgehead atoms. The highest BCUT2D eigenvalue weighted by atomic mass is 15.2. The van der Waals surface area contributed by atoms with Gasteiger partial charge in [-0.05, 0) is 52.2 Å². The van der Waals surface area contributed by atoms with Gasteiger partial charge in [-0.15, -0.1) is 0 Å². The zero-order valence-electron chi connectivity index (χ0n) is 12.5. The molecule has 0 spiro atoms. The lowest BCUT2D eigenvalue weighted by atomic mass is 9.79. The summed E-state index contributed by atoms with van der Waals surface area (Å²) in [6.07, 6.45) is 4.69. The molecule has 0 aliphatic heterocycles. The molecule has 1 aliphatic rings. The number of rotatable bonds is 6. The van der Waals surface area contributed by atoms with Gasteiger partial charge < -0.3 is 4.90 Å². The summed E-state index contributed by atoms with van der Waals surface area (Å²) in [5.41, 5.74) is 0. The SMILES string of the molecule is CCCN(CCN(C)C)C1CC(C)CCC1C#N. The number of likely N-dealkylation sites (N-methyl/N-ethyl adjacent to an activating group) is 1. The van der Waals surface area contributed by atoms with Gasteiger partial charge in [-0.1, -0.05) is 13.8 Å². The van der Waals surface area contributed by atoms with Crippen LogP contribution in [0.15, 0.2) is 0 Å². The molecular formula is C15H29N3. The third-order valence-corrected chi connectivity index (χ3v) is 4.06. The summed E-state index contributed by atoms with van der Waals surface area (Å²) in [4.78, 5) is 4.79.